The van der Waals surface area contributed by atoms with E-state index < -0.39 is 21.1 Å². The second-order valence-electron chi connectivity index (χ2n) is 5.28. The number of hydrogen-bond donors (Lipinski definition) is 1. The van der Waals surface area contributed by atoms with E-state index in [1.165, 1.54) is 7.11 Å². The summed E-state index contributed by atoms with van der Waals surface area (Å²) < 4.78 is 28.6. The molecule has 0 aromatic carbocycles. The van der Waals surface area contributed by atoms with Gasteiger partial charge in [0.2, 0.25) is 0 Å². The van der Waals surface area contributed by atoms with Gasteiger partial charge in [0.1, 0.15) is 0 Å². The fraction of sp³-hybridized carbons (Fsp3) is 0.909. The van der Waals surface area contributed by atoms with Gasteiger partial charge in [0.05, 0.1) is 24.5 Å². The van der Waals surface area contributed by atoms with Gasteiger partial charge < -0.3 is 10.5 Å². The van der Waals surface area contributed by atoms with Crippen LogP contribution in [0.4, 0.5) is 0 Å². The van der Waals surface area contributed by atoms with Gasteiger partial charge in [0, 0.05) is 6.04 Å². The minimum atomic E-state index is -3.31. The molecule has 1 aliphatic rings. The molecule has 1 fully saturated rings. The molecular formula is C11H21NO4S. The summed E-state index contributed by atoms with van der Waals surface area (Å²) in [6.45, 7) is 3.96. The van der Waals surface area contributed by atoms with Crippen molar-refractivity contribution >= 4 is 15.8 Å². The van der Waals surface area contributed by atoms with Crippen LogP contribution in [0.2, 0.25) is 0 Å². The van der Waals surface area contributed by atoms with E-state index in [0.717, 1.165) is 6.42 Å². The number of nitrogens with two attached hydrogens (primary N) is 1. The van der Waals surface area contributed by atoms with Crippen LogP contribution < -0.4 is 5.73 Å². The van der Waals surface area contributed by atoms with Gasteiger partial charge in [-0.2, -0.15) is 0 Å². The van der Waals surface area contributed by atoms with Gasteiger partial charge in [-0.05, 0) is 18.3 Å². The topological polar surface area (TPSA) is 86.5 Å². The van der Waals surface area contributed by atoms with Crippen molar-refractivity contribution in [3.05, 3.63) is 0 Å². The van der Waals surface area contributed by atoms with Crippen molar-refractivity contribution in [2.24, 2.45) is 11.1 Å². The van der Waals surface area contributed by atoms with E-state index in [1.54, 1.807) is 0 Å². The first-order chi connectivity index (χ1) is 7.70. The van der Waals surface area contributed by atoms with Gasteiger partial charge in [-0.15, -0.1) is 0 Å². The zero-order valence-electron chi connectivity index (χ0n) is 10.6. The normalized spacial score (nSPS) is 28.0. The Kier molecular flexibility index (Phi) is 4.19. The molecule has 0 heterocycles. The Balaban J connectivity index is 2.69. The third-order valence-electron chi connectivity index (χ3n) is 3.66. The monoisotopic (exact) mass is 263 g/mol. The third-order valence-corrected chi connectivity index (χ3v) is 5.88. The fourth-order valence-corrected chi connectivity index (χ4v) is 4.29. The van der Waals surface area contributed by atoms with E-state index in [4.69, 9.17) is 5.73 Å². The van der Waals surface area contributed by atoms with Crippen molar-refractivity contribution in [2.45, 2.75) is 44.4 Å². The molecule has 0 aromatic heterocycles. The molecule has 2 atom stereocenters. The standard InChI is InChI=1S/C11H21NO4S/c1-11(2)6-4-8(10(11)12)17(14,15)7-5-9(13)16-3/h8,10H,4-7,12H2,1-3H3. The van der Waals surface area contributed by atoms with E-state index >= 15 is 0 Å². The highest BCUT2D eigenvalue weighted by Crippen LogP contribution is 2.39. The maximum Gasteiger partial charge on any atom is 0.306 e. The van der Waals surface area contributed by atoms with Gasteiger partial charge >= 0.3 is 5.97 Å². The molecule has 1 aliphatic carbocycles. The highest BCUT2D eigenvalue weighted by molar-refractivity contribution is 7.92. The average Bonchev–Trinajstić information content (AvgIpc) is 2.51. The average molecular weight is 263 g/mol. The Bertz CT molecular complexity index is 388. The lowest BCUT2D eigenvalue weighted by molar-refractivity contribution is -0.140. The van der Waals surface area contributed by atoms with Crippen LogP contribution in [-0.2, 0) is 19.4 Å². The number of carbonyl (C=O) groups is 1. The molecule has 0 aromatic rings. The van der Waals surface area contributed by atoms with Crippen LogP contribution in [0.1, 0.15) is 33.1 Å². The summed E-state index contributed by atoms with van der Waals surface area (Å²) in [4.78, 5) is 11.0. The molecule has 1 saturated carbocycles. The van der Waals surface area contributed by atoms with E-state index in [0.29, 0.717) is 6.42 Å². The van der Waals surface area contributed by atoms with Crippen molar-refractivity contribution in [3.8, 4) is 0 Å². The first-order valence-corrected chi connectivity index (χ1v) is 7.46. The van der Waals surface area contributed by atoms with Crippen LogP contribution >= 0.6 is 0 Å². The summed E-state index contributed by atoms with van der Waals surface area (Å²) in [7, 11) is -2.06. The van der Waals surface area contributed by atoms with Gasteiger partial charge in [-0.1, -0.05) is 13.8 Å². The Hall–Kier alpha value is -0.620. The molecule has 2 unspecified atom stereocenters. The van der Waals surface area contributed by atoms with Gasteiger partial charge in [0.15, 0.2) is 9.84 Å². The largest absolute Gasteiger partial charge is 0.469 e. The molecule has 0 aliphatic heterocycles. The Morgan fingerprint density at radius 1 is 1.47 bits per heavy atom. The van der Waals surface area contributed by atoms with Crippen molar-refractivity contribution < 1.29 is 17.9 Å². The van der Waals surface area contributed by atoms with Crippen LogP contribution in [0.5, 0.6) is 0 Å². The number of carbonyl (C=O) groups excluding carboxylic acids is 1. The molecular weight excluding hydrogens is 242 g/mol. The highest BCUT2D eigenvalue weighted by atomic mass is 32.2. The second kappa shape index (κ2) is 4.94. The Morgan fingerprint density at radius 2 is 2.06 bits per heavy atom. The maximum absolute atomic E-state index is 12.1. The first-order valence-electron chi connectivity index (χ1n) is 5.74. The summed E-state index contributed by atoms with van der Waals surface area (Å²) in [6.07, 6.45) is 1.29. The number of sulfone groups is 1. The number of ether oxygens (including phenoxy) is 1. The van der Waals surface area contributed by atoms with Crippen LogP contribution in [0.15, 0.2) is 0 Å². The number of esters is 1. The van der Waals surface area contributed by atoms with Crippen LogP contribution in [0.25, 0.3) is 0 Å². The lowest BCUT2D eigenvalue weighted by atomic mass is 9.88. The molecule has 0 spiro atoms. The highest BCUT2D eigenvalue weighted by Gasteiger charge is 2.45. The molecule has 5 nitrogen and oxygen atoms in total. The number of hydrogen-bond acceptors (Lipinski definition) is 5. The van der Waals surface area contributed by atoms with Gasteiger partial charge in [0.25, 0.3) is 0 Å². The van der Waals surface area contributed by atoms with Gasteiger partial charge in [-0.25, -0.2) is 8.42 Å². The molecule has 0 amide bonds. The Labute approximate surface area is 103 Å². The Morgan fingerprint density at radius 3 is 2.47 bits per heavy atom. The summed E-state index contributed by atoms with van der Waals surface area (Å²) in [5, 5.41) is -0.526. The molecule has 6 heteroatoms. The summed E-state index contributed by atoms with van der Waals surface area (Å²) in [5.41, 5.74) is 5.84. The van der Waals surface area contributed by atoms with E-state index in [2.05, 4.69) is 4.74 Å². The minimum Gasteiger partial charge on any atom is -0.469 e. The zero-order valence-corrected chi connectivity index (χ0v) is 11.4. The quantitative estimate of drug-likeness (QED) is 0.745. The lowest BCUT2D eigenvalue weighted by Gasteiger charge is -2.26. The fourth-order valence-electron chi connectivity index (χ4n) is 2.25. The summed E-state index contributed by atoms with van der Waals surface area (Å²) in [5.74, 6) is -0.673. The van der Waals surface area contributed by atoms with Gasteiger partial charge in [-0.3, -0.25) is 4.79 Å². The third kappa shape index (κ3) is 3.19. The molecule has 0 bridgehead atoms. The predicted octanol–water partition coefficient (Wildman–Crippen LogP) is 0.480. The molecule has 0 radical (unpaired) electrons. The van der Waals surface area contributed by atoms with Crippen LogP contribution in [0.3, 0.4) is 0 Å². The van der Waals surface area contributed by atoms with Crippen molar-refractivity contribution in [1.29, 1.82) is 0 Å². The molecule has 1 rings (SSSR count). The predicted molar refractivity (Wildman–Crippen MR) is 65.2 cm³/mol. The first kappa shape index (κ1) is 14.4. The van der Waals surface area contributed by atoms with Crippen molar-refractivity contribution in [3.63, 3.8) is 0 Å². The minimum absolute atomic E-state index is 0.0948. The SMILES string of the molecule is COC(=O)CCS(=O)(=O)C1CCC(C)(C)C1N. The van der Waals surface area contributed by atoms with E-state index in [9.17, 15) is 13.2 Å². The maximum atomic E-state index is 12.1. The van der Waals surface area contributed by atoms with Crippen molar-refractivity contribution in [1.82, 2.24) is 0 Å². The number of methoxy groups -OCH3 is 1. The molecule has 100 valence electrons. The van der Waals surface area contributed by atoms with Crippen LogP contribution in [-0.4, -0.2) is 38.5 Å². The molecule has 2 N–H and O–H groups in total. The molecule has 0 saturated heterocycles. The lowest BCUT2D eigenvalue weighted by Crippen LogP contribution is -2.44. The van der Waals surface area contributed by atoms with E-state index in [1.807, 2.05) is 13.8 Å². The van der Waals surface area contributed by atoms with E-state index in [-0.39, 0.29) is 23.6 Å². The van der Waals surface area contributed by atoms with Crippen molar-refractivity contribution in [2.75, 3.05) is 12.9 Å². The summed E-state index contributed by atoms with van der Waals surface area (Å²) >= 11 is 0. The summed E-state index contributed by atoms with van der Waals surface area (Å²) in [6, 6.07) is -0.356. The smallest absolute Gasteiger partial charge is 0.306 e. The zero-order chi connectivity index (χ0) is 13.3. The second-order valence-corrected chi connectivity index (χ2v) is 7.62. The molecule has 17 heavy (non-hydrogen) atoms. The number of rotatable bonds is 4. The van der Waals surface area contributed by atoms with Crippen LogP contribution in [0, 0.1) is 5.41 Å².